The molecule has 0 radical (unpaired) electrons. The Balaban J connectivity index is 1.49. The van der Waals surface area contributed by atoms with Crippen LogP contribution < -0.4 is 10.6 Å². The predicted molar refractivity (Wildman–Crippen MR) is 112 cm³/mol. The smallest absolute Gasteiger partial charge is 0.257 e. The van der Waals surface area contributed by atoms with Crippen molar-refractivity contribution in [2.24, 2.45) is 0 Å². The number of amides is 2. The maximum Gasteiger partial charge on any atom is 0.257 e. The molecule has 3 rings (SSSR count). The van der Waals surface area contributed by atoms with E-state index in [0.717, 1.165) is 5.56 Å². The van der Waals surface area contributed by atoms with Crippen molar-refractivity contribution in [3.05, 3.63) is 89.7 Å². The fourth-order valence-corrected chi connectivity index (χ4v) is 2.67. The predicted octanol–water partition coefficient (Wildman–Crippen LogP) is 4.24. The zero-order valence-corrected chi connectivity index (χ0v) is 16.0. The Labute approximate surface area is 169 Å². The van der Waals surface area contributed by atoms with Gasteiger partial charge in [0.15, 0.2) is 5.78 Å². The van der Waals surface area contributed by atoms with Gasteiger partial charge in [-0.25, -0.2) is 0 Å². The molecule has 0 spiro atoms. The van der Waals surface area contributed by atoms with E-state index in [1.165, 1.54) is 6.20 Å². The normalized spacial score (nSPS) is 10.2. The molecule has 3 aromatic rings. The van der Waals surface area contributed by atoms with E-state index in [1.54, 1.807) is 54.7 Å². The van der Waals surface area contributed by atoms with Crippen molar-refractivity contribution < 1.29 is 14.4 Å². The molecule has 0 aliphatic heterocycles. The van der Waals surface area contributed by atoms with Crippen LogP contribution in [0.5, 0.6) is 0 Å². The Bertz CT molecular complexity index is 998. The van der Waals surface area contributed by atoms with E-state index in [-0.39, 0.29) is 30.4 Å². The summed E-state index contributed by atoms with van der Waals surface area (Å²) < 4.78 is 0. The summed E-state index contributed by atoms with van der Waals surface area (Å²) in [6.07, 6.45) is 3.34. The fraction of sp³-hybridized carbons (Fsp3) is 0.130. The molecule has 29 heavy (non-hydrogen) atoms. The van der Waals surface area contributed by atoms with Crippen LogP contribution in [0.25, 0.3) is 0 Å². The van der Waals surface area contributed by atoms with Crippen molar-refractivity contribution in [1.29, 1.82) is 0 Å². The van der Waals surface area contributed by atoms with Gasteiger partial charge in [-0.1, -0.05) is 29.8 Å². The molecular formula is C23H21N3O3. The van der Waals surface area contributed by atoms with E-state index in [9.17, 15) is 14.4 Å². The molecule has 2 N–H and O–H groups in total. The number of carbonyl (C=O) groups is 3. The van der Waals surface area contributed by atoms with E-state index in [4.69, 9.17) is 0 Å². The highest BCUT2D eigenvalue weighted by Crippen LogP contribution is 2.15. The second-order valence-corrected chi connectivity index (χ2v) is 6.61. The van der Waals surface area contributed by atoms with Crippen molar-refractivity contribution in [2.75, 3.05) is 10.6 Å². The Morgan fingerprint density at radius 2 is 1.45 bits per heavy atom. The van der Waals surface area contributed by atoms with Crippen LogP contribution in [0.4, 0.5) is 11.4 Å². The maximum absolute atomic E-state index is 12.2. The highest BCUT2D eigenvalue weighted by molar-refractivity contribution is 6.04. The van der Waals surface area contributed by atoms with Crippen molar-refractivity contribution in [3.8, 4) is 0 Å². The molecule has 146 valence electrons. The van der Waals surface area contributed by atoms with Crippen LogP contribution in [0.15, 0.2) is 73.1 Å². The first kappa shape index (κ1) is 19.9. The quantitative estimate of drug-likeness (QED) is 0.594. The molecule has 0 bridgehead atoms. The number of aryl methyl sites for hydroxylation is 1. The Morgan fingerprint density at radius 1 is 0.793 bits per heavy atom. The molecule has 0 saturated heterocycles. The molecule has 2 aromatic carbocycles. The lowest BCUT2D eigenvalue weighted by atomic mass is 10.0. The van der Waals surface area contributed by atoms with Gasteiger partial charge in [0.1, 0.15) is 0 Å². The summed E-state index contributed by atoms with van der Waals surface area (Å²) in [5.41, 5.74) is 3.35. The van der Waals surface area contributed by atoms with Gasteiger partial charge in [0.2, 0.25) is 5.91 Å². The Kier molecular flexibility index (Phi) is 6.47. The van der Waals surface area contributed by atoms with Crippen molar-refractivity contribution >= 4 is 29.0 Å². The minimum Gasteiger partial charge on any atom is -0.326 e. The van der Waals surface area contributed by atoms with Gasteiger partial charge >= 0.3 is 0 Å². The molecule has 6 nitrogen and oxygen atoms in total. The van der Waals surface area contributed by atoms with Gasteiger partial charge in [0.25, 0.3) is 5.91 Å². The standard InChI is InChI=1S/C23H21N3O3/c1-16-4-6-17(7-5-16)21(27)12-13-22(28)25-19-8-10-20(11-9-19)26-23(29)18-3-2-14-24-15-18/h2-11,14-15H,12-13H2,1H3,(H,25,28)(H,26,29). The van der Waals surface area contributed by atoms with E-state index in [1.807, 2.05) is 19.1 Å². The Morgan fingerprint density at radius 3 is 2.07 bits per heavy atom. The molecule has 2 amide bonds. The van der Waals surface area contributed by atoms with E-state index in [2.05, 4.69) is 15.6 Å². The molecule has 0 atom stereocenters. The van der Waals surface area contributed by atoms with E-state index >= 15 is 0 Å². The van der Waals surface area contributed by atoms with Gasteiger partial charge < -0.3 is 10.6 Å². The number of rotatable bonds is 7. The monoisotopic (exact) mass is 387 g/mol. The minimum absolute atomic E-state index is 0.0615. The Hall–Kier alpha value is -3.80. The molecule has 6 heteroatoms. The van der Waals surface area contributed by atoms with Crippen LogP contribution in [0, 0.1) is 6.92 Å². The number of anilines is 2. The molecular weight excluding hydrogens is 366 g/mol. The van der Waals surface area contributed by atoms with E-state index in [0.29, 0.717) is 22.5 Å². The second kappa shape index (κ2) is 9.41. The largest absolute Gasteiger partial charge is 0.326 e. The third-order valence-corrected chi connectivity index (χ3v) is 4.30. The van der Waals surface area contributed by atoms with Gasteiger partial charge in [0, 0.05) is 42.2 Å². The van der Waals surface area contributed by atoms with Gasteiger partial charge in [0.05, 0.1) is 5.56 Å². The van der Waals surface area contributed by atoms with Crippen LogP contribution in [-0.4, -0.2) is 22.6 Å². The van der Waals surface area contributed by atoms with Crippen molar-refractivity contribution in [3.63, 3.8) is 0 Å². The number of aromatic nitrogens is 1. The highest BCUT2D eigenvalue weighted by Gasteiger charge is 2.10. The summed E-state index contributed by atoms with van der Waals surface area (Å²) in [7, 11) is 0. The zero-order valence-electron chi connectivity index (χ0n) is 16.0. The lowest BCUT2D eigenvalue weighted by Gasteiger charge is -2.08. The first-order valence-corrected chi connectivity index (χ1v) is 9.22. The summed E-state index contributed by atoms with van der Waals surface area (Å²) in [6.45, 7) is 1.96. The van der Waals surface area contributed by atoms with Crippen LogP contribution in [0.2, 0.25) is 0 Å². The van der Waals surface area contributed by atoms with Crippen LogP contribution in [0.1, 0.15) is 39.1 Å². The van der Waals surface area contributed by atoms with Gasteiger partial charge in [-0.15, -0.1) is 0 Å². The molecule has 0 aliphatic rings. The molecule has 0 aliphatic carbocycles. The number of benzene rings is 2. The minimum atomic E-state index is -0.260. The third-order valence-electron chi connectivity index (χ3n) is 4.30. The SMILES string of the molecule is Cc1ccc(C(=O)CCC(=O)Nc2ccc(NC(=O)c3cccnc3)cc2)cc1. The summed E-state index contributed by atoms with van der Waals surface area (Å²) in [6, 6.07) is 17.4. The highest BCUT2D eigenvalue weighted by atomic mass is 16.2. The topological polar surface area (TPSA) is 88.2 Å². The molecule has 0 unspecified atom stereocenters. The molecule has 1 aromatic heterocycles. The average molecular weight is 387 g/mol. The number of nitrogens with zero attached hydrogens (tertiary/aromatic N) is 1. The molecule has 0 saturated carbocycles. The van der Waals surface area contributed by atoms with Crippen LogP contribution in [-0.2, 0) is 4.79 Å². The second-order valence-electron chi connectivity index (χ2n) is 6.61. The average Bonchev–Trinajstić information content (AvgIpc) is 2.74. The lowest BCUT2D eigenvalue weighted by Crippen LogP contribution is -2.14. The molecule has 0 fully saturated rings. The number of hydrogen-bond acceptors (Lipinski definition) is 4. The maximum atomic E-state index is 12.2. The number of hydrogen-bond donors (Lipinski definition) is 2. The fourth-order valence-electron chi connectivity index (χ4n) is 2.67. The van der Waals surface area contributed by atoms with Crippen molar-refractivity contribution in [2.45, 2.75) is 19.8 Å². The van der Waals surface area contributed by atoms with E-state index < -0.39 is 0 Å². The summed E-state index contributed by atoms with van der Waals surface area (Å²) in [5.74, 6) is -0.560. The van der Waals surface area contributed by atoms with Crippen LogP contribution in [0.3, 0.4) is 0 Å². The van der Waals surface area contributed by atoms with Crippen LogP contribution >= 0.6 is 0 Å². The molecule has 1 heterocycles. The first-order chi connectivity index (χ1) is 14.0. The van der Waals surface area contributed by atoms with Crippen molar-refractivity contribution in [1.82, 2.24) is 4.98 Å². The number of nitrogens with one attached hydrogen (secondary N) is 2. The summed E-state index contributed by atoms with van der Waals surface area (Å²) >= 11 is 0. The zero-order chi connectivity index (χ0) is 20.6. The van der Waals surface area contributed by atoms with Gasteiger partial charge in [-0.05, 0) is 43.3 Å². The third kappa shape index (κ3) is 5.84. The van der Waals surface area contributed by atoms with Gasteiger partial charge in [-0.2, -0.15) is 0 Å². The number of pyridine rings is 1. The number of ketones is 1. The number of carbonyl (C=O) groups excluding carboxylic acids is 3. The lowest BCUT2D eigenvalue weighted by molar-refractivity contribution is -0.116. The summed E-state index contributed by atoms with van der Waals surface area (Å²) in [4.78, 5) is 40.3. The number of Topliss-reactive ketones (excluding diaryl/α,β-unsaturated/α-hetero) is 1. The summed E-state index contributed by atoms with van der Waals surface area (Å²) in [5, 5.41) is 5.52. The van der Waals surface area contributed by atoms with Gasteiger partial charge in [-0.3, -0.25) is 19.4 Å². The first-order valence-electron chi connectivity index (χ1n) is 9.22.